The van der Waals surface area contributed by atoms with Crippen molar-refractivity contribution in [3.63, 3.8) is 0 Å². The lowest BCUT2D eigenvalue weighted by atomic mass is 9.87. The summed E-state index contributed by atoms with van der Waals surface area (Å²) < 4.78 is 19.0. The zero-order valence-electron chi connectivity index (χ0n) is 18.5. The van der Waals surface area contributed by atoms with Crippen LogP contribution in [0.1, 0.15) is 36.7 Å². The number of hydrogen-bond acceptors (Lipinski definition) is 4. The number of nitrogens with zero attached hydrogens (tertiary/aromatic N) is 2. The minimum atomic E-state index is -0.359. The van der Waals surface area contributed by atoms with Crippen LogP contribution in [0.4, 0.5) is 10.1 Å². The second kappa shape index (κ2) is 10.5. The van der Waals surface area contributed by atoms with Crippen LogP contribution in [-0.4, -0.2) is 56.2 Å². The van der Waals surface area contributed by atoms with E-state index in [-0.39, 0.29) is 17.1 Å². The number of benzene rings is 2. The molecule has 0 aliphatic carbocycles. The van der Waals surface area contributed by atoms with Crippen molar-refractivity contribution in [3.05, 3.63) is 65.5 Å². The van der Waals surface area contributed by atoms with Gasteiger partial charge in [0.25, 0.3) is 5.91 Å². The van der Waals surface area contributed by atoms with Crippen LogP contribution in [0.15, 0.2) is 53.5 Å². The average molecular weight is 427 g/mol. The highest BCUT2D eigenvalue weighted by atomic mass is 19.1. The van der Waals surface area contributed by atoms with Gasteiger partial charge in [-0.1, -0.05) is 39.0 Å². The molecule has 0 radical (unpaired) electrons. The van der Waals surface area contributed by atoms with E-state index in [1.165, 1.54) is 12.1 Å². The smallest absolute Gasteiger partial charge is 0.257 e. The van der Waals surface area contributed by atoms with E-state index in [0.29, 0.717) is 23.8 Å². The lowest BCUT2D eigenvalue weighted by Crippen LogP contribution is -2.39. The molecule has 166 valence electrons. The maximum Gasteiger partial charge on any atom is 0.257 e. The first kappa shape index (κ1) is 22.9. The number of amides is 1. The van der Waals surface area contributed by atoms with Gasteiger partial charge in [-0.2, -0.15) is 0 Å². The van der Waals surface area contributed by atoms with Crippen LogP contribution < -0.4 is 10.6 Å². The van der Waals surface area contributed by atoms with E-state index in [1.54, 1.807) is 12.1 Å². The predicted octanol–water partition coefficient (Wildman–Crippen LogP) is 3.65. The standard InChI is InChI=1S/C24H31FN4O2/c1-24(2,3)19-9-7-18(8-10-19)22(30)28-23(27-21-6-4-5-20(25)17-21)26-11-12-29-13-15-31-16-14-29/h4-10,17H,11-16H2,1-3H3,(H2,26,27,28,30). The van der Waals surface area contributed by atoms with Crippen LogP contribution in [0.5, 0.6) is 0 Å². The molecule has 1 aliphatic heterocycles. The maximum atomic E-state index is 13.6. The number of carbonyl (C=O) groups is 1. The molecule has 0 unspecified atom stereocenters. The Kier molecular flexibility index (Phi) is 7.76. The van der Waals surface area contributed by atoms with Gasteiger partial charge < -0.3 is 10.1 Å². The summed E-state index contributed by atoms with van der Waals surface area (Å²) in [6, 6.07) is 13.6. The number of nitrogens with one attached hydrogen (secondary N) is 2. The number of guanidine groups is 1. The minimum absolute atomic E-state index is 0.0139. The first-order valence-corrected chi connectivity index (χ1v) is 10.6. The summed E-state index contributed by atoms with van der Waals surface area (Å²) in [5.41, 5.74) is 2.23. The van der Waals surface area contributed by atoms with Crippen LogP contribution in [0.25, 0.3) is 0 Å². The van der Waals surface area contributed by atoms with E-state index in [9.17, 15) is 9.18 Å². The maximum absolute atomic E-state index is 13.6. The van der Waals surface area contributed by atoms with Crippen LogP contribution in [0, 0.1) is 5.82 Å². The lowest BCUT2D eigenvalue weighted by molar-refractivity contribution is 0.0394. The number of rotatable bonds is 5. The molecule has 2 aromatic rings. The highest BCUT2D eigenvalue weighted by Gasteiger charge is 2.15. The lowest BCUT2D eigenvalue weighted by Gasteiger charge is -2.25. The Morgan fingerprint density at radius 1 is 1.13 bits per heavy atom. The monoisotopic (exact) mass is 426 g/mol. The molecule has 2 aromatic carbocycles. The van der Waals surface area contributed by atoms with E-state index < -0.39 is 0 Å². The third-order valence-corrected chi connectivity index (χ3v) is 5.12. The number of anilines is 1. The first-order chi connectivity index (χ1) is 14.8. The number of carbonyl (C=O) groups excluding carboxylic acids is 1. The van der Waals surface area contributed by atoms with Crippen molar-refractivity contribution < 1.29 is 13.9 Å². The molecule has 1 amide bonds. The quantitative estimate of drug-likeness (QED) is 0.566. The molecular weight excluding hydrogens is 395 g/mol. The number of aliphatic imine (C=N–C) groups is 1. The Morgan fingerprint density at radius 3 is 2.48 bits per heavy atom. The molecule has 6 nitrogen and oxygen atoms in total. The molecular formula is C24H31FN4O2. The molecule has 0 bridgehead atoms. The van der Waals surface area contributed by atoms with Gasteiger partial charge in [-0.25, -0.2) is 4.39 Å². The van der Waals surface area contributed by atoms with Crippen molar-refractivity contribution in [1.29, 1.82) is 0 Å². The van der Waals surface area contributed by atoms with Crippen LogP contribution in [0.2, 0.25) is 0 Å². The Bertz CT molecular complexity index is 901. The van der Waals surface area contributed by atoms with E-state index in [1.807, 2.05) is 24.3 Å². The van der Waals surface area contributed by atoms with Gasteiger partial charge in [0.05, 0.1) is 19.8 Å². The summed E-state index contributed by atoms with van der Waals surface area (Å²) >= 11 is 0. The van der Waals surface area contributed by atoms with Crippen molar-refractivity contribution in [1.82, 2.24) is 10.2 Å². The van der Waals surface area contributed by atoms with Crippen LogP contribution in [-0.2, 0) is 10.2 Å². The molecule has 1 aliphatic rings. The van der Waals surface area contributed by atoms with Gasteiger partial charge in [-0.15, -0.1) is 0 Å². The Labute approximate surface area is 183 Å². The molecule has 1 saturated heterocycles. The summed E-state index contributed by atoms with van der Waals surface area (Å²) in [4.78, 5) is 19.6. The fraction of sp³-hybridized carbons (Fsp3) is 0.417. The summed E-state index contributed by atoms with van der Waals surface area (Å²) in [5.74, 6) is -0.333. The fourth-order valence-electron chi connectivity index (χ4n) is 3.24. The van der Waals surface area contributed by atoms with Crippen LogP contribution >= 0.6 is 0 Å². The average Bonchev–Trinajstić information content (AvgIpc) is 2.74. The van der Waals surface area contributed by atoms with E-state index in [4.69, 9.17) is 4.74 Å². The molecule has 0 spiro atoms. The summed E-state index contributed by atoms with van der Waals surface area (Å²) in [6.07, 6.45) is 0. The van der Waals surface area contributed by atoms with Gasteiger partial charge in [0, 0.05) is 30.9 Å². The molecule has 2 N–H and O–H groups in total. The summed E-state index contributed by atoms with van der Waals surface area (Å²) in [5, 5.41) is 5.86. The highest BCUT2D eigenvalue weighted by Crippen LogP contribution is 2.22. The Hall–Kier alpha value is -2.77. The second-order valence-corrected chi connectivity index (χ2v) is 8.60. The van der Waals surface area contributed by atoms with E-state index in [2.05, 4.69) is 41.3 Å². The van der Waals surface area contributed by atoms with Crippen molar-refractivity contribution in [2.24, 2.45) is 4.99 Å². The van der Waals surface area contributed by atoms with Crippen molar-refractivity contribution in [2.45, 2.75) is 26.2 Å². The SMILES string of the molecule is CC(C)(C)c1ccc(C(=O)NC(=NCCN2CCOCC2)Nc2cccc(F)c2)cc1. The molecule has 0 atom stereocenters. The topological polar surface area (TPSA) is 66.0 Å². The van der Waals surface area contributed by atoms with Gasteiger partial charge in [0.1, 0.15) is 5.82 Å². The molecule has 0 aromatic heterocycles. The Morgan fingerprint density at radius 2 is 1.84 bits per heavy atom. The number of ether oxygens (including phenoxy) is 1. The van der Waals surface area contributed by atoms with Gasteiger partial charge in [-0.05, 0) is 41.3 Å². The van der Waals surface area contributed by atoms with Crippen molar-refractivity contribution in [2.75, 3.05) is 44.7 Å². The van der Waals surface area contributed by atoms with Gasteiger partial charge in [0.2, 0.25) is 5.96 Å². The molecule has 31 heavy (non-hydrogen) atoms. The molecule has 1 heterocycles. The van der Waals surface area contributed by atoms with Gasteiger partial charge >= 0.3 is 0 Å². The first-order valence-electron chi connectivity index (χ1n) is 10.6. The number of hydrogen-bond donors (Lipinski definition) is 2. The summed E-state index contributed by atoms with van der Waals surface area (Å²) in [6.45, 7) is 10.8. The third-order valence-electron chi connectivity index (χ3n) is 5.12. The Balaban J connectivity index is 1.69. The molecule has 0 saturated carbocycles. The van der Waals surface area contributed by atoms with Crippen LogP contribution in [0.3, 0.4) is 0 Å². The normalized spacial score (nSPS) is 15.5. The molecule has 3 rings (SSSR count). The molecule has 1 fully saturated rings. The third kappa shape index (κ3) is 7.15. The number of morpholine rings is 1. The minimum Gasteiger partial charge on any atom is -0.379 e. The van der Waals surface area contributed by atoms with Gasteiger partial charge in [0.15, 0.2) is 0 Å². The largest absolute Gasteiger partial charge is 0.379 e. The van der Waals surface area contributed by atoms with E-state index >= 15 is 0 Å². The fourth-order valence-corrected chi connectivity index (χ4v) is 3.24. The van der Waals surface area contributed by atoms with Gasteiger partial charge in [-0.3, -0.25) is 20.0 Å². The predicted molar refractivity (Wildman–Crippen MR) is 122 cm³/mol. The van der Waals surface area contributed by atoms with E-state index in [0.717, 1.165) is 38.4 Å². The number of halogens is 1. The van der Waals surface area contributed by atoms with Crippen molar-refractivity contribution >= 4 is 17.6 Å². The second-order valence-electron chi connectivity index (χ2n) is 8.60. The zero-order valence-corrected chi connectivity index (χ0v) is 18.5. The molecule has 7 heteroatoms. The highest BCUT2D eigenvalue weighted by molar-refractivity contribution is 6.09. The zero-order chi connectivity index (χ0) is 22.3. The van der Waals surface area contributed by atoms with Crippen molar-refractivity contribution in [3.8, 4) is 0 Å². The summed E-state index contributed by atoms with van der Waals surface area (Å²) in [7, 11) is 0.